The van der Waals surface area contributed by atoms with Crippen molar-refractivity contribution in [3.63, 3.8) is 0 Å². The molecule has 0 bridgehead atoms. The Morgan fingerprint density at radius 1 is 0.727 bits per heavy atom. The van der Waals surface area contributed by atoms with Crippen LogP contribution < -0.4 is 5.43 Å². The first-order valence-corrected chi connectivity index (χ1v) is 7.73. The van der Waals surface area contributed by atoms with E-state index >= 15 is 0 Å². The third kappa shape index (κ3) is 2.14. The minimum atomic E-state index is -0.00263. The molecule has 0 aliphatic carbocycles. The molecule has 0 amide bonds. The lowest BCUT2D eigenvalue weighted by molar-refractivity contribution is 0.660. The van der Waals surface area contributed by atoms with Crippen LogP contribution in [0.5, 0.6) is 0 Å². The number of fused-ring (bicyclic) bond motifs is 2. The van der Waals surface area contributed by atoms with Crippen molar-refractivity contribution in [1.29, 1.82) is 0 Å². The summed E-state index contributed by atoms with van der Waals surface area (Å²) in [7, 11) is 0. The molecule has 3 heteroatoms. The van der Waals surface area contributed by atoms with Gasteiger partial charge in [-0.15, -0.1) is 0 Å². The largest absolute Gasteiger partial charge is 0.456 e. The number of halogens is 1. The molecule has 22 heavy (non-hydrogen) atoms. The van der Waals surface area contributed by atoms with Crippen LogP contribution in [-0.2, 0) is 0 Å². The first-order valence-electron chi connectivity index (χ1n) is 6.94. The van der Waals surface area contributed by atoms with Crippen molar-refractivity contribution in [2.24, 2.45) is 0 Å². The van der Waals surface area contributed by atoms with E-state index in [0.29, 0.717) is 21.9 Å². The molecule has 2 nitrogen and oxygen atoms in total. The van der Waals surface area contributed by atoms with Gasteiger partial charge in [0.2, 0.25) is 5.43 Å². The topological polar surface area (TPSA) is 30.2 Å². The average Bonchev–Trinajstić information content (AvgIpc) is 2.56. The van der Waals surface area contributed by atoms with Crippen molar-refractivity contribution in [2.45, 2.75) is 0 Å². The van der Waals surface area contributed by atoms with Gasteiger partial charge in [0.1, 0.15) is 11.2 Å². The number of hydrogen-bond donors (Lipinski definition) is 0. The Hall–Kier alpha value is -2.39. The zero-order valence-electron chi connectivity index (χ0n) is 11.5. The first kappa shape index (κ1) is 13.3. The lowest BCUT2D eigenvalue weighted by Gasteiger charge is -2.05. The maximum absolute atomic E-state index is 12.6. The Balaban J connectivity index is 2.03. The number of hydrogen-bond acceptors (Lipinski definition) is 2. The number of rotatable bonds is 1. The van der Waals surface area contributed by atoms with E-state index in [-0.39, 0.29) is 5.43 Å². The minimum absolute atomic E-state index is 0.00263. The van der Waals surface area contributed by atoms with Crippen LogP contribution in [0.1, 0.15) is 0 Å². The fraction of sp³-hybridized carbons (Fsp3) is 0. The standard InChI is InChI=1S/C19H11BrO2/c20-14-7-9-17-16(11-14)19(21)15-8-6-13(10-18(15)22-17)12-4-2-1-3-5-12/h1-11H. The van der Waals surface area contributed by atoms with E-state index in [2.05, 4.69) is 15.9 Å². The van der Waals surface area contributed by atoms with Gasteiger partial charge in [-0.2, -0.15) is 0 Å². The van der Waals surface area contributed by atoms with E-state index in [4.69, 9.17) is 4.42 Å². The predicted molar refractivity (Wildman–Crippen MR) is 93.1 cm³/mol. The summed E-state index contributed by atoms with van der Waals surface area (Å²) >= 11 is 3.39. The summed E-state index contributed by atoms with van der Waals surface area (Å²) in [6.07, 6.45) is 0. The van der Waals surface area contributed by atoms with Gasteiger partial charge in [-0.1, -0.05) is 52.3 Å². The molecule has 4 rings (SSSR count). The monoisotopic (exact) mass is 350 g/mol. The van der Waals surface area contributed by atoms with Gasteiger partial charge in [-0.25, -0.2) is 0 Å². The van der Waals surface area contributed by atoms with Crippen LogP contribution >= 0.6 is 15.9 Å². The predicted octanol–water partition coefficient (Wildman–Crippen LogP) is 5.38. The Morgan fingerprint density at radius 3 is 2.36 bits per heavy atom. The van der Waals surface area contributed by atoms with Crippen molar-refractivity contribution < 1.29 is 4.42 Å². The maximum atomic E-state index is 12.6. The summed E-state index contributed by atoms with van der Waals surface area (Å²) in [6.45, 7) is 0. The lowest BCUT2D eigenvalue weighted by Crippen LogP contribution is -2.02. The van der Waals surface area contributed by atoms with Gasteiger partial charge in [-0.05, 0) is 41.5 Å². The molecule has 0 unspecified atom stereocenters. The second kappa shape index (κ2) is 5.11. The molecule has 0 N–H and O–H groups in total. The van der Waals surface area contributed by atoms with Crippen LogP contribution in [0.25, 0.3) is 33.1 Å². The summed E-state index contributed by atoms with van der Waals surface area (Å²) in [5.41, 5.74) is 3.35. The quantitative estimate of drug-likeness (QED) is 0.431. The molecule has 0 saturated heterocycles. The Bertz CT molecular complexity index is 1050. The summed E-state index contributed by atoms with van der Waals surface area (Å²) < 4.78 is 6.79. The van der Waals surface area contributed by atoms with Crippen molar-refractivity contribution >= 4 is 37.9 Å². The first-order chi connectivity index (χ1) is 10.7. The van der Waals surface area contributed by atoms with Crippen LogP contribution in [-0.4, -0.2) is 0 Å². The van der Waals surface area contributed by atoms with Gasteiger partial charge < -0.3 is 4.42 Å². The van der Waals surface area contributed by atoms with Crippen LogP contribution in [0.4, 0.5) is 0 Å². The van der Waals surface area contributed by atoms with Gasteiger partial charge >= 0.3 is 0 Å². The Labute approximate surface area is 135 Å². The third-order valence-electron chi connectivity index (χ3n) is 3.74. The van der Waals surface area contributed by atoms with Crippen LogP contribution in [0, 0.1) is 0 Å². The van der Waals surface area contributed by atoms with Crippen molar-refractivity contribution in [1.82, 2.24) is 0 Å². The second-order valence-corrected chi connectivity index (χ2v) is 6.06. The highest BCUT2D eigenvalue weighted by atomic mass is 79.9. The van der Waals surface area contributed by atoms with Crippen molar-refractivity contribution in [3.8, 4) is 11.1 Å². The molecule has 0 aliphatic heterocycles. The molecule has 3 aromatic carbocycles. The highest BCUT2D eigenvalue weighted by Crippen LogP contribution is 2.26. The molecule has 0 aliphatic rings. The molecular weight excluding hydrogens is 340 g/mol. The van der Waals surface area contributed by atoms with Gasteiger partial charge in [0.05, 0.1) is 10.8 Å². The van der Waals surface area contributed by atoms with E-state index in [1.165, 1.54) is 0 Å². The zero-order valence-corrected chi connectivity index (χ0v) is 13.1. The van der Waals surface area contributed by atoms with Gasteiger partial charge in [0.15, 0.2) is 0 Å². The highest BCUT2D eigenvalue weighted by molar-refractivity contribution is 9.10. The summed E-state index contributed by atoms with van der Waals surface area (Å²) in [4.78, 5) is 12.6. The van der Waals surface area contributed by atoms with Gasteiger partial charge in [-0.3, -0.25) is 4.79 Å². The number of benzene rings is 3. The molecule has 0 spiro atoms. The Kier molecular flexibility index (Phi) is 3.09. The summed E-state index contributed by atoms with van der Waals surface area (Å²) in [6, 6.07) is 21.3. The van der Waals surface area contributed by atoms with E-state index in [1.54, 1.807) is 6.07 Å². The molecule has 1 heterocycles. The fourth-order valence-electron chi connectivity index (χ4n) is 2.64. The van der Waals surface area contributed by atoms with Crippen LogP contribution in [0.15, 0.2) is 80.4 Å². The summed E-state index contributed by atoms with van der Waals surface area (Å²) in [5.74, 6) is 0. The van der Waals surface area contributed by atoms with E-state index in [9.17, 15) is 4.79 Å². The fourth-order valence-corrected chi connectivity index (χ4v) is 3.00. The molecule has 0 atom stereocenters. The van der Waals surface area contributed by atoms with Crippen LogP contribution in [0.2, 0.25) is 0 Å². The molecule has 1 aromatic heterocycles. The van der Waals surface area contributed by atoms with Crippen molar-refractivity contribution in [2.75, 3.05) is 0 Å². The summed E-state index contributed by atoms with van der Waals surface area (Å²) in [5, 5.41) is 1.19. The average molecular weight is 351 g/mol. The zero-order chi connectivity index (χ0) is 15.1. The molecule has 0 saturated carbocycles. The normalized spacial score (nSPS) is 11.1. The Morgan fingerprint density at radius 2 is 1.55 bits per heavy atom. The maximum Gasteiger partial charge on any atom is 0.200 e. The van der Waals surface area contributed by atoms with Crippen LogP contribution in [0.3, 0.4) is 0 Å². The third-order valence-corrected chi connectivity index (χ3v) is 4.23. The van der Waals surface area contributed by atoms with E-state index in [0.717, 1.165) is 15.6 Å². The smallest absolute Gasteiger partial charge is 0.200 e. The second-order valence-electron chi connectivity index (χ2n) is 5.15. The van der Waals surface area contributed by atoms with Gasteiger partial charge in [0, 0.05) is 4.47 Å². The van der Waals surface area contributed by atoms with Crippen molar-refractivity contribution in [3.05, 3.63) is 81.4 Å². The molecule has 106 valence electrons. The minimum Gasteiger partial charge on any atom is -0.456 e. The molecule has 0 radical (unpaired) electrons. The SMILES string of the molecule is O=c1c2ccc(-c3ccccc3)cc2oc2ccc(Br)cc12. The van der Waals surface area contributed by atoms with E-state index in [1.807, 2.05) is 60.7 Å². The molecule has 0 fully saturated rings. The highest BCUT2D eigenvalue weighted by Gasteiger charge is 2.09. The lowest BCUT2D eigenvalue weighted by atomic mass is 10.0. The molecule has 4 aromatic rings. The van der Waals surface area contributed by atoms with E-state index < -0.39 is 0 Å². The molecular formula is C19H11BrO2. The van der Waals surface area contributed by atoms with Gasteiger partial charge in [0.25, 0.3) is 0 Å².